The first-order valence-corrected chi connectivity index (χ1v) is 10.4. The maximum absolute atomic E-state index is 12.4. The highest BCUT2D eigenvalue weighted by molar-refractivity contribution is 7.14. The molecule has 154 valence electrons. The number of hydrogen-bond donors (Lipinski definition) is 0. The van der Waals surface area contributed by atoms with Gasteiger partial charge in [-0.05, 0) is 44.5 Å². The van der Waals surface area contributed by atoms with E-state index in [2.05, 4.69) is 11.1 Å². The van der Waals surface area contributed by atoms with Crippen LogP contribution in [0.3, 0.4) is 0 Å². The normalized spacial score (nSPS) is 10.4. The van der Waals surface area contributed by atoms with E-state index in [0.29, 0.717) is 34.5 Å². The number of nitrogens with zero attached hydrogens (tertiary/aromatic N) is 3. The van der Waals surface area contributed by atoms with Crippen molar-refractivity contribution in [2.75, 3.05) is 11.5 Å². The summed E-state index contributed by atoms with van der Waals surface area (Å²) in [5, 5.41) is 11.5. The SMILES string of the molecule is CCOc1cc(C#N)ccc1OCc1csc(N(C(C)=O)c2ccc(C)cc2C)n1. The van der Waals surface area contributed by atoms with Crippen LogP contribution in [0.2, 0.25) is 0 Å². The number of hydrogen-bond acceptors (Lipinski definition) is 6. The van der Waals surface area contributed by atoms with E-state index < -0.39 is 0 Å². The van der Waals surface area contributed by atoms with Crippen molar-refractivity contribution in [3.63, 3.8) is 0 Å². The lowest BCUT2D eigenvalue weighted by molar-refractivity contribution is -0.115. The Labute approximate surface area is 180 Å². The monoisotopic (exact) mass is 421 g/mol. The molecule has 1 heterocycles. The average molecular weight is 422 g/mol. The fourth-order valence-corrected chi connectivity index (χ4v) is 3.91. The zero-order valence-electron chi connectivity index (χ0n) is 17.4. The van der Waals surface area contributed by atoms with E-state index in [1.807, 2.05) is 44.4 Å². The smallest absolute Gasteiger partial charge is 0.230 e. The third kappa shape index (κ3) is 4.78. The minimum atomic E-state index is -0.102. The van der Waals surface area contributed by atoms with Crippen LogP contribution in [0.1, 0.15) is 36.2 Å². The van der Waals surface area contributed by atoms with Gasteiger partial charge in [-0.15, -0.1) is 11.3 Å². The number of benzene rings is 2. The molecule has 7 heteroatoms. The largest absolute Gasteiger partial charge is 0.490 e. The number of aryl methyl sites for hydroxylation is 2. The van der Waals surface area contributed by atoms with Gasteiger partial charge in [0.05, 0.1) is 29.6 Å². The second-order valence-corrected chi connectivity index (χ2v) is 7.60. The molecule has 0 radical (unpaired) electrons. The highest BCUT2D eigenvalue weighted by Gasteiger charge is 2.20. The van der Waals surface area contributed by atoms with Gasteiger partial charge in [0.25, 0.3) is 0 Å². The molecule has 3 aromatic rings. The molecule has 0 bridgehead atoms. The van der Waals surface area contributed by atoms with Crippen LogP contribution in [0.25, 0.3) is 0 Å². The van der Waals surface area contributed by atoms with Crippen molar-refractivity contribution in [3.8, 4) is 17.6 Å². The quantitative estimate of drug-likeness (QED) is 0.518. The van der Waals surface area contributed by atoms with Gasteiger partial charge in [0, 0.05) is 18.4 Å². The summed E-state index contributed by atoms with van der Waals surface area (Å²) in [5.41, 5.74) is 4.18. The van der Waals surface area contributed by atoms with Crippen molar-refractivity contribution in [2.45, 2.75) is 34.3 Å². The van der Waals surface area contributed by atoms with Crippen molar-refractivity contribution in [2.24, 2.45) is 0 Å². The third-order valence-electron chi connectivity index (χ3n) is 4.39. The topological polar surface area (TPSA) is 75.5 Å². The highest BCUT2D eigenvalue weighted by atomic mass is 32.1. The number of nitriles is 1. The van der Waals surface area contributed by atoms with Gasteiger partial charge < -0.3 is 9.47 Å². The van der Waals surface area contributed by atoms with Gasteiger partial charge in [0.1, 0.15) is 6.61 Å². The lowest BCUT2D eigenvalue weighted by atomic mass is 10.1. The molecular weight excluding hydrogens is 398 g/mol. The molecule has 0 fully saturated rings. The molecule has 0 N–H and O–H groups in total. The minimum Gasteiger partial charge on any atom is -0.490 e. The van der Waals surface area contributed by atoms with E-state index in [1.54, 1.807) is 23.1 Å². The van der Waals surface area contributed by atoms with Crippen molar-refractivity contribution in [3.05, 3.63) is 64.2 Å². The first-order valence-electron chi connectivity index (χ1n) is 9.55. The highest BCUT2D eigenvalue weighted by Crippen LogP contribution is 2.33. The zero-order valence-corrected chi connectivity index (χ0v) is 18.2. The van der Waals surface area contributed by atoms with Crippen molar-refractivity contribution in [1.82, 2.24) is 4.98 Å². The van der Waals surface area contributed by atoms with Crippen molar-refractivity contribution >= 4 is 28.1 Å². The van der Waals surface area contributed by atoms with Crippen LogP contribution in [0.5, 0.6) is 11.5 Å². The van der Waals surface area contributed by atoms with E-state index in [1.165, 1.54) is 18.3 Å². The third-order valence-corrected chi connectivity index (χ3v) is 5.26. The fourth-order valence-electron chi connectivity index (χ4n) is 3.05. The number of carbonyl (C=O) groups is 1. The number of ether oxygens (including phenoxy) is 2. The van der Waals surface area contributed by atoms with E-state index in [9.17, 15) is 4.79 Å². The minimum absolute atomic E-state index is 0.102. The van der Waals surface area contributed by atoms with Crippen LogP contribution < -0.4 is 14.4 Å². The molecular formula is C23H23N3O3S. The molecule has 3 rings (SSSR count). The molecule has 0 aliphatic rings. The number of anilines is 2. The fraction of sp³-hybridized carbons (Fsp3) is 0.261. The van der Waals surface area contributed by atoms with E-state index in [-0.39, 0.29) is 12.5 Å². The van der Waals surface area contributed by atoms with Crippen LogP contribution in [-0.2, 0) is 11.4 Å². The molecule has 6 nitrogen and oxygen atoms in total. The summed E-state index contributed by atoms with van der Waals surface area (Å²) >= 11 is 1.39. The Balaban J connectivity index is 1.80. The second-order valence-electron chi connectivity index (χ2n) is 6.76. The predicted octanol–water partition coefficient (Wildman–Crippen LogP) is 5.29. The van der Waals surface area contributed by atoms with E-state index >= 15 is 0 Å². The van der Waals surface area contributed by atoms with Gasteiger partial charge in [-0.2, -0.15) is 5.26 Å². The summed E-state index contributed by atoms with van der Waals surface area (Å²) in [6.45, 7) is 8.10. The van der Waals surface area contributed by atoms with E-state index in [4.69, 9.17) is 14.7 Å². The zero-order chi connectivity index (χ0) is 21.7. The number of amides is 1. The molecule has 30 heavy (non-hydrogen) atoms. The van der Waals surface area contributed by atoms with Crippen LogP contribution in [0.4, 0.5) is 10.8 Å². The number of thiazole rings is 1. The molecule has 0 aliphatic heterocycles. The summed E-state index contributed by atoms with van der Waals surface area (Å²) in [6.07, 6.45) is 0. The Bertz CT molecular complexity index is 1100. The van der Waals surface area contributed by atoms with Crippen molar-refractivity contribution in [1.29, 1.82) is 5.26 Å². The van der Waals surface area contributed by atoms with Crippen LogP contribution in [0.15, 0.2) is 41.8 Å². The first-order chi connectivity index (χ1) is 14.4. The standard InChI is InChI=1S/C23H23N3O3S/c1-5-28-22-11-18(12-24)7-9-21(22)29-13-19-14-30-23(25-19)26(17(4)27)20-8-6-15(2)10-16(20)3/h6-11,14H,5,13H2,1-4H3. The van der Waals surface area contributed by atoms with Crippen LogP contribution in [-0.4, -0.2) is 17.5 Å². The summed E-state index contributed by atoms with van der Waals surface area (Å²) < 4.78 is 11.5. The molecule has 2 aromatic carbocycles. The Morgan fingerprint density at radius 2 is 1.97 bits per heavy atom. The van der Waals surface area contributed by atoms with Gasteiger partial charge >= 0.3 is 0 Å². The maximum Gasteiger partial charge on any atom is 0.230 e. The van der Waals surface area contributed by atoms with Crippen LogP contribution >= 0.6 is 11.3 Å². The van der Waals surface area contributed by atoms with Gasteiger partial charge in [-0.3, -0.25) is 9.69 Å². The Morgan fingerprint density at radius 3 is 2.63 bits per heavy atom. The maximum atomic E-state index is 12.4. The van der Waals surface area contributed by atoms with Gasteiger partial charge in [0.15, 0.2) is 16.6 Å². The van der Waals surface area contributed by atoms with Gasteiger partial charge in [0.2, 0.25) is 5.91 Å². The Morgan fingerprint density at radius 1 is 1.17 bits per heavy atom. The first kappa shape index (κ1) is 21.3. The molecule has 1 amide bonds. The molecule has 0 unspecified atom stereocenters. The summed E-state index contributed by atoms with van der Waals surface area (Å²) in [7, 11) is 0. The van der Waals surface area contributed by atoms with Crippen molar-refractivity contribution < 1.29 is 14.3 Å². The molecule has 0 spiro atoms. The number of rotatable bonds is 7. The van der Waals surface area contributed by atoms with Gasteiger partial charge in [-0.1, -0.05) is 17.7 Å². The number of carbonyl (C=O) groups excluding carboxylic acids is 1. The molecule has 0 saturated heterocycles. The summed E-state index contributed by atoms with van der Waals surface area (Å²) in [4.78, 5) is 18.6. The molecule has 0 saturated carbocycles. The molecule has 1 aromatic heterocycles. The predicted molar refractivity (Wildman–Crippen MR) is 118 cm³/mol. The molecule has 0 atom stereocenters. The Hall–Kier alpha value is -3.37. The lowest BCUT2D eigenvalue weighted by Crippen LogP contribution is -2.23. The average Bonchev–Trinajstić information content (AvgIpc) is 3.17. The Kier molecular flexibility index (Phi) is 6.70. The van der Waals surface area contributed by atoms with Gasteiger partial charge in [-0.25, -0.2) is 4.98 Å². The van der Waals surface area contributed by atoms with E-state index in [0.717, 1.165) is 16.8 Å². The lowest BCUT2D eigenvalue weighted by Gasteiger charge is -2.20. The summed E-state index contributed by atoms with van der Waals surface area (Å²) in [6, 6.07) is 13.1. The second kappa shape index (κ2) is 9.42. The number of aromatic nitrogens is 1. The van der Waals surface area contributed by atoms with Crippen LogP contribution in [0, 0.1) is 25.2 Å². The molecule has 0 aliphatic carbocycles. The summed E-state index contributed by atoms with van der Waals surface area (Å²) in [5.74, 6) is 0.963.